The molecule has 0 fully saturated rings. The van der Waals surface area contributed by atoms with E-state index in [1.807, 2.05) is 12.1 Å². The van der Waals surface area contributed by atoms with E-state index in [0.29, 0.717) is 12.6 Å². The molecule has 0 amide bonds. The second-order valence-corrected chi connectivity index (χ2v) is 4.57. The number of unbranched alkanes of at least 4 members (excludes halogenated alkanes) is 1. The lowest BCUT2D eigenvalue weighted by atomic mass is 10.1. The lowest BCUT2D eigenvalue weighted by Gasteiger charge is -2.27. The second kappa shape index (κ2) is 6.89. The first-order chi connectivity index (χ1) is 7.69. The molecule has 1 aromatic rings. The second-order valence-electron chi connectivity index (χ2n) is 4.14. The van der Waals surface area contributed by atoms with E-state index >= 15 is 0 Å². The van der Waals surface area contributed by atoms with Crippen LogP contribution in [0.3, 0.4) is 0 Å². The quantitative estimate of drug-likeness (QED) is 0.828. The monoisotopic (exact) mass is 240 g/mol. The lowest BCUT2D eigenvalue weighted by Crippen LogP contribution is -2.31. The van der Waals surface area contributed by atoms with Crippen LogP contribution in [0.5, 0.6) is 0 Å². The first kappa shape index (κ1) is 13.5. The molecule has 16 heavy (non-hydrogen) atoms. The molecule has 0 spiro atoms. The zero-order valence-corrected chi connectivity index (χ0v) is 10.9. The number of likely N-dealkylation sites (N-methyl/N-ethyl adjacent to an activating group) is 1. The van der Waals surface area contributed by atoms with E-state index in [9.17, 15) is 0 Å². The van der Waals surface area contributed by atoms with E-state index in [-0.39, 0.29) is 0 Å². The van der Waals surface area contributed by atoms with Crippen LogP contribution in [0.2, 0.25) is 5.02 Å². The standard InChI is InChI=1S/C13H21ClN2/c1-3-4-9-16(2)13(10-15)11-5-7-12(14)8-6-11/h5-8,13H,3-4,9-10,15H2,1-2H3. The minimum atomic E-state index is 0.295. The van der Waals surface area contributed by atoms with Gasteiger partial charge in [-0.25, -0.2) is 0 Å². The van der Waals surface area contributed by atoms with E-state index in [2.05, 4.69) is 31.0 Å². The molecule has 90 valence electrons. The van der Waals surface area contributed by atoms with Crippen molar-refractivity contribution in [3.8, 4) is 0 Å². The Balaban J connectivity index is 2.69. The molecule has 0 radical (unpaired) electrons. The van der Waals surface area contributed by atoms with Gasteiger partial charge in [0.05, 0.1) is 0 Å². The summed E-state index contributed by atoms with van der Waals surface area (Å²) < 4.78 is 0. The molecule has 0 aromatic heterocycles. The molecule has 1 unspecified atom stereocenters. The topological polar surface area (TPSA) is 29.3 Å². The van der Waals surface area contributed by atoms with Gasteiger partial charge in [-0.05, 0) is 37.7 Å². The summed E-state index contributed by atoms with van der Waals surface area (Å²) in [5.74, 6) is 0. The molecule has 1 atom stereocenters. The van der Waals surface area contributed by atoms with E-state index in [1.165, 1.54) is 18.4 Å². The summed E-state index contributed by atoms with van der Waals surface area (Å²) in [6.07, 6.45) is 2.42. The third-order valence-electron chi connectivity index (χ3n) is 2.87. The zero-order valence-electron chi connectivity index (χ0n) is 10.1. The van der Waals surface area contributed by atoms with Crippen molar-refractivity contribution in [2.75, 3.05) is 20.1 Å². The van der Waals surface area contributed by atoms with Crippen LogP contribution >= 0.6 is 11.6 Å². The minimum Gasteiger partial charge on any atom is -0.329 e. The number of benzene rings is 1. The molecule has 1 aromatic carbocycles. The van der Waals surface area contributed by atoms with Crippen molar-refractivity contribution in [2.24, 2.45) is 5.73 Å². The SMILES string of the molecule is CCCCN(C)C(CN)c1ccc(Cl)cc1. The normalized spacial score (nSPS) is 13.1. The molecule has 0 aliphatic carbocycles. The van der Waals surface area contributed by atoms with Crippen molar-refractivity contribution in [3.63, 3.8) is 0 Å². The lowest BCUT2D eigenvalue weighted by molar-refractivity contribution is 0.246. The average molecular weight is 241 g/mol. The maximum absolute atomic E-state index is 5.88. The Bertz CT molecular complexity index is 297. The number of halogens is 1. The highest BCUT2D eigenvalue weighted by atomic mass is 35.5. The molecule has 0 aliphatic heterocycles. The predicted molar refractivity (Wildman–Crippen MR) is 70.8 cm³/mol. The van der Waals surface area contributed by atoms with Gasteiger partial charge in [0.25, 0.3) is 0 Å². The highest BCUT2D eigenvalue weighted by Crippen LogP contribution is 2.20. The van der Waals surface area contributed by atoms with E-state index in [0.717, 1.165) is 11.6 Å². The van der Waals surface area contributed by atoms with Crippen molar-refractivity contribution < 1.29 is 0 Å². The van der Waals surface area contributed by atoms with Gasteiger partial charge in [0.2, 0.25) is 0 Å². The number of hydrogen-bond donors (Lipinski definition) is 1. The summed E-state index contributed by atoms with van der Waals surface area (Å²) in [4.78, 5) is 2.31. The van der Waals surface area contributed by atoms with Crippen molar-refractivity contribution in [1.82, 2.24) is 4.90 Å². The predicted octanol–water partition coefficient (Wildman–Crippen LogP) is 3.07. The Labute approximate surface area is 103 Å². The van der Waals surface area contributed by atoms with E-state index in [1.54, 1.807) is 0 Å². The molecular formula is C13H21ClN2. The molecule has 2 N–H and O–H groups in total. The van der Waals surface area contributed by atoms with Gasteiger partial charge in [0, 0.05) is 17.6 Å². The highest BCUT2D eigenvalue weighted by molar-refractivity contribution is 6.30. The van der Waals surface area contributed by atoms with Crippen LogP contribution in [-0.4, -0.2) is 25.0 Å². The van der Waals surface area contributed by atoms with Crippen LogP contribution < -0.4 is 5.73 Å². The van der Waals surface area contributed by atoms with Gasteiger partial charge < -0.3 is 5.73 Å². The Morgan fingerprint density at radius 3 is 2.44 bits per heavy atom. The molecule has 3 heteroatoms. The van der Waals surface area contributed by atoms with Gasteiger partial charge in [-0.15, -0.1) is 0 Å². The van der Waals surface area contributed by atoms with Crippen LogP contribution in [0.1, 0.15) is 31.4 Å². The Hall–Kier alpha value is -0.570. The third-order valence-corrected chi connectivity index (χ3v) is 3.13. The summed E-state index contributed by atoms with van der Waals surface area (Å²) in [6.45, 7) is 3.93. The maximum Gasteiger partial charge on any atom is 0.0467 e. The van der Waals surface area contributed by atoms with Crippen LogP contribution in [0.4, 0.5) is 0 Å². The van der Waals surface area contributed by atoms with E-state index < -0.39 is 0 Å². The molecule has 0 aliphatic rings. The van der Waals surface area contributed by atoms with Crippen LogP contribution in [0.25, 0.3) is 0 Å². The average Bonchev–Trinajstić information content (AvgIpc) is 2.30. The van der Waals surface area contributed by atoms with Gasteiger partial charge >= 0.3 is 0 Å². The maximum atomic E-state index is 5.88. The molecule has 0 heterocycles. The van der Waals surface area contributed by atoms with Gasteiger partial charge in [-0.2, -0.15) is 0 Å². The fourth-order valence-electron chi connectivity index (χ4n) is 1.82. The fourth-order valence-corrected chi connectivity index (χ4v) is 1.94. The first-order valence-electron chi connectivity index (χ1n) is 5.84. The Morgan fingerprint density at radius 2 is 1.94 bits per heavy atom. The van der Waals surface area contributed by atoms with Crippen molar-refractivity contribution >= 4 is 11.6 Å². The summed E-state index contributed by atoms with van der Waals surface area (Å²) in [6, 6.07) is 8.26. The van der Waals surface area contributed by atoms with Gasteiger partial charge in [-0.3, -0.25) is 4.90 Å². The summed E-state index contributed by atoms with van der Waals surface area (Å²) >= 11 is 5.88. The summed E-state index contributed by atoms with van der Waals surface area (Å²) in [5.41, 5.74) is 7.08. The van der Waals surface area contributed by atoms with Crippen LogP contribution in [0, 0.1) is 0 Å². The number of hydrogen-bond acceptors (Lipinski definition) is 2. The zero-order chi connectivity index (χ0) is 12.0. The summed E-state index contributed by atoms with van der Waals surface area (Å²) in [5, 5.41) is 0.774. The molecule has 0 saturated heterocycles. The minimum absolute atomic E-state index is 0.295. The Morgan fingerprint density at radius 1 is 1.31 bits per heavy atom. The molecule has 0 saturated carbocycles. The molecule has 2 nitrogen and oxygen atoms in total. The molecular weight excluding hydrogens is 220 g/mol. The smallest absolute Gasteiger partial charge is 0.0467 e. The van der Waals surface area contributed by atoms with Crippen LogP contribution in [0.15, 0.2) is 24.3 Å². The summed E-state index contributed by atoms with van der Waals surface area (Å²) in [7, 11) is 2.13. The highest BCUT2D eigenvalue weighted by Gasteiger charge is 2.14. The van der Waals surface area contributed by atoms with Crippen LogP contribution in [-0.2, 0) is 0 Å². The largest absolute Gasteiger partial charge is 0.329 e. The van der Waals surface area contributed by atoms with Crippen molar-refractivity contribution in [3.05, 3.63) is 34.9 Å². The number of nitrogens with two attached hydrogens (primary N) is 1. The Kier molecular flexibility index (Phi) is 5.81. The fraction of sp³-hybridized carbons (Fsp3) is 0.538. The van der Waals surface area contributed by atoms with Crippen molar-refractivity contribution in [1.29, 1.82) is 0 Å². The van der Waals surface area contributed by atoms with Gasteiger partial charge in [0.1, 0.15) is 0 Å². The molecule has 1 rings (SSSR count). The number of nitrogens with zero attached hydrogens (tertiary/aromatic N) is 1. The molecule has 0 bridgehead atoms. The van der Waals surface area contributed by atoms with Gasteiger partial charge in [0.15, 0.2) is 0 Å². The van der Waals surface area contributed by atoms with Crippen molar-refractivity contribution in [2.45, 2.75) is 25.8 Å². The first-order valence-corrected chi connectivity index (χ1v) is 6.22. The van der Waals surface area contributed by atoms with E-state index in [4.69, 9.17) is 17.3 Å². The van der Waals surface area contributed by atoms with Gasteiger partial charge in [-0.1, -0.05) is 37.1 Å². The third kappa shape index (κ3) is 3.78. The number of rotatable bonds is 6.